The van der Waals surface area contributed by atoms with Crippen molar-refractivity contribution in [1.82, 2.24) is 0 Å². The van der Waals surface area contributed by atoms with E-state index in [0.29, 0.717) is 13.2 Å². The Kier molecular flexibility index (Phi) is 8.10. The van der Waals surface area contributed by atoms with Gasteiger partial charge in [-0.25, -0.2) is 4.79 Å². The number of methoxy groups -OCH3 is 2. The molecule has 0 bridgehead atoms. The third kappa shape index (κ3) is 4.89. The maximum absolute atomic E-state index is 11.7. The van der Waals surface area contributed by atoms with Gasteiger partial charge in [0.1, 0.15) is 6.79 Å². The Bertz CT molecular complexity index is 243. The molecule has 0 amide bonds. The predicted molar refractivity (Wildman–Crippen MR) is 65.0 cm³/mol. The molecule has 0 aliphatic carbocycles. The van der Waals surface area contributed by atoms with Crippen LogP contribution in [0.5, 0.6) is 0 Å². The zero-order valence-corrected chi connectivity index (χ0v) is 11.8. The number of carbonyl (C=O) groups is 1. The van der Waals surface area contributed by atoms with Gasteiger partial charge < -0.3 is 24.1 Å². The summed E-state index contributed by atoms with van der Waals surface area (Å²) >= 11 is 0. The average molecular weight is 264 g/mol. The van der Waals surface area contributed by atoms with Crippen LogP contribution in [0.1, 0.15) is 20.8 Å². The van der Waals surface area contributed by atoms with Crippen molar-refractivity contribution in [1.29, 1.82) is 0 Å². The van der Waals surface area contributed by atoms with Crippen molar-refractivity contribution < 1.29 is 28.8 Å². The van der Waals surface area contributed by atoms with Crippen molar-refractivity contribution in [2.24, 2.45) is 5.92 Å². The van der Waals surface area contributed by atoms with E-state index in [1.54, 1.807) is 21.0 Å². The molecule has 0 aliphatic rings. The molecule has 0 saturated heterocycles. The van der Waals surface area contributed by atoms with Crippen LogP contribution in [0.4, 0.5) is 0 Å². The van der Waals surface area contributed by atoms with Crippen LogP contribution in [0.3, 0.4) is 0 Å². The first-order valence-corrected chi connectivity index (χ1v) is 5.87. The van der Waals surface area contributed by atoms with Crippen LogP contribution in [-0.2, 0) is 23.7 Å². The Labute approximate surface area is 108 Å². The number of aliphatic hydroxyl groups excluding tert-OH is 1. The van der Waals surface area contributed by atoms with Gasteiger partial charge in [-0.2, -0.15) is 0 Å². The molecule has 0 heterocycles. The van der Waals surface area contributed by atoms with E-state index in [4.69, 9.17) is 14.2 Å². The Morgan fingerprint density at radius 3 is 2.33 bits per heavy atom. The molecule has 0 saturated carbocycles. The number of esters is 1. The van der Waals surface area contributed by atoms with E-state index in [9.17, 15) is 9.90 Å². The lowest BCUT2D eigenvalue weighted by Crippen LogP contribution is -2.52. The first kappa shape index (κ1) is 17.3. The Hall–Kier alpha value is -0.690. The zero-order valence-electron chi connectivity index (χ0n) is 11.8. The molecule has 6 nitrogen and oxygen atoms in total. The predicted octanol–water partition coefficient (Wildman–Crippen LogP) is 0.572. The van der Waals surface area contributed by atoms with Crippen LogP contribution in [-0.4, -0.2) is 57.0 Å². The normalized spacial score (nSPS) is 16.4. The summed E-state index contributed by atoms with van der Waals surface area (Å²) in [6, 6.07) is 0. The van der Waals surface area contributed by atoms with E-state index >= 15 is 0 Å². The lowest BCUT2D eigenvalue weighted by atomic mass is 9.90. The Morgan fingerprint density at radius 1 is 1.28 bits per heavy atom. The summed E-state index contributed by atoms with van der Waals surface area (Å²) in [6.45, 7) is 5.75. The second-order valence-corrected chi connectivity index (χ2v) is 4.45. The molecule has 2 atom stereocenters. The van der Waals surface area contributed by atoms with Crippen LogP contribution in [0.15, 0.2) is 0 Å². The highest BCUT2D eigenvalue weighted by Gasteiger charge is 2.44. The van der Waals surface area contributed by atoms with Gasteiger partial charge in [-0.05, 0) is 12.8 Å². The van der Waals surface area contributed by atoms with E-state index in [1.807, 2.05) is 0 Å². The average Bonchev–Trinajstić information content (AvgIpc) is 2.36. The highest BCUT2D eigenvalue weighted by Crippen LogP contribution is 2.23. The van der Waals surface area contributed by atoms with Gasteiger partial charge in [0.05, 0.1) is 26.4 Å². The summed E-state index contributed by atoms with van der Waals surface area (Å²) in [7, 11) is 2.81. The third-order valence-corrected chi connectivity index (χ3v) is 2.66. The van der Waals surface area contributed by atoms with Gasteiger partial charge in [-0.15, -0.1) is 0 Å². The highest BCUT2D eigenvalue weighted by molar-refractivity contribution is 5.79. The second-order valence-electron chi connectivity index (χ2n) is 4.45. The highest BCUT2D eigenvalue weighted by atomic mass is 16.7. The summed E-state index contributed by atoms with van der Waals surface area (Å²) in [6.07, 6.45) is -0.976. The standard InChI is InChI=1S/C12H24O6/c1-9(2)10(13)12(3,11(14)16-5)18-8-17-7-6-15-4/h9-10,13H,6-8H2,1-5H3/t10-,12-/m0/s1. The summed E-state index contributed by atoms with van der Waals surface area (Å²) in [5.41, 5.74) is -1.43. The minimum atomic E-state index is -1.43. The van der Waals surface area contributed by atoms with Crippen molar-refractivity contribution in [2.45, 2.75) is 32.5 Å². The molecule has 0 radical (unpaired) electrons. The van der Waals surface area contributed by atoms with Crippen molar-refractivity contribution in [3.8, 4) is 0 Å². The van der Waals surface area contributed by atoms with Gasteiger partial charge >= 0.3 is 5.97 Å². The van der Waals surface area contributed by atoms with Crippen LogP contribution in [0.2, 0.25) is 0 Å². The van der Waals surface area contributed by atoms with Crippen LogP contribution in [0.25, 0.3) is 0 Å². The molecule has 18 heavy (non-hydrogen) atoms. The quantitative estimate of drug-likeness (QED) is 0.373. The van der Waals surface area contributed by atoms with Gasteiger partial charge in [0.2, 0.25) is 0 Å². The van der Waals surface area contributed by atoms with Gasteiger partial charge in [0.25, 0.3) is 0 Å². The molecule has 0 unspecified atom stereocenters. The first-order chi connectivity index (χ1) is 8.40. The molecule has 0 aliphatic heterocycles. The van der Waals surface area contributed by atoms with E-state index in [0.717, 1.165) is 0 Å². The van der Waals surface area contributed by atoms with Crippen LogP contribution < -0.4 is 0 Å². The molecule has 0 aromatic heterocycles. The Balaban J connectivity index is 4.44. The van der Waals surface area contributed by atoms with Gasteiger partial charge in [-0.1, -0.05) is 13.8 Å². The minimum Gasteiger partial charge on any atom is -0.467 e. The molecule has 108 valence electrons. The largest absolute Gasteiger partial charge is 0.467 e. The number of carbonyl (C=O) groups excluding carboxylic acids is 1. The summed E-state index contributed by atoms with van der Waals surface area (Å²) in [5.74, 6) is -0.771. The SMILES string of the molecule is COCCOCO[C@](C)(C(=O)OC)[C@@H](O)C(C)C. The summed E-state index contributed by atoms with van der Waals surface area (Å²) in [5, 5.41) is 10.0. The fourth-order valence-electron chi connectivity index (χ4n) is 1.47. The van der Waals surface area contributed by atoms with Crippen molar-refractivity contribution >= 4 is 5.97 Å². The van der Waals surface area contributed by atoms with Gasteiger partial charge in [0, 0.05) is 7.11 Å². The van der Waals surface area contributed by atoms with Crippen molar-refractivity contribution in [3.63, 3.8) is 0 Å². The molecule has 0 aromatic rings. The fourth-order valence-corrected chi connectivity index (χ4v) is 1.47. The summed E-state index contributed by atoms with van der Waals surface area (Å²) < 4.78 is 19.9. The lowest BCUT2D eigenvalue weighted by molar-refractivity contribution is -0.210. The van der Waals surface area contributed by atoms with E-state index in [-0.39, 0.29) is 12.7 Å². The third-order valence-electron chi connectivity index (χ3n) is 2.66. The molecule has 0 spiro atoms. The second kappa shape index (κ2) is 8.42. The van der Waals surface area contributed by atoms with Gasteiger partial charge in [-0.3, -0.25) is 0 Å². The van der Waals surface area contributed by atoms with E-state index in [1.165, 1.54) is 14.0 Å². The molecule has 0 rings (SSSR count). The monoisotopic (exact) mass is 264 g/mol. The Morgan fingerprint density at radius 2 is 1.89 bits per heavy atom. The molecule has 0 fully saturated rings. The summed E-state index contributed by atoms with van der Waals surface area (Å²) in [4.78, 5) is 11.7. The topological polar surface area (TPSA) is 74.2 Å². The maximum atomic E-state index is 11.7. The van der Waals surface area contributed by atoms with Crippen LogP contribution in [0, 0.1) is 5.92 Å². The van der Waals surface area contributed by atoms with Crippen molar-refractivity contribution in [2.75, 3.05) is 34.2 Å². The molecular weight excluding hydrogens is 240 g/mol. The number of rotatable bonds is 9. The van der Waals surface area contributed by atoms with E-state index in [2.05, 4.69) is 4.74 Å². The molecule has 6 heteroatoms. The smallest absolute Gasteiger partial charge is 0.340 e. The number of hydrogen-bond donors (Lipinski definition) is 1. The maximum Gasteiger partial charge on any atom is 0.340 e. The molecule has 0 aromatic carbocycles. The number of aliphatic hydroxyl groups is 1. The lowest BCUT2D eigenvalue weighted by Gasteiger charge is -2.33. The van der Waals surface area contributed by atoms with Crippen LogP contribution >= 0.6 is 0 Å². The zero-order chi connectivity index (χ0) is 14.2. The fraction of sp³-hybridized carbons (Fsp3) is 0.917. The van der Waals surface area contributed by atoms with Gasteiger partial charge in [0.15, 0.2) is 5.60 Å². The van der Waals surface area contributed by atoms with Crippen molar-refractivity contribution in [3.05, 3.63) is 0 Å². The van der Waals surface area contributed by atoms with E-state index < -0.39 is 17.7 Å². The molecule has 1 N–H and O–H groups in total. The number of ether oxygens (including phenoxy) is 4. The minimum absolute atomic E-state index is 0.112. The first-order valence-electron chi connectivity index (χ1n) is 5.87. The molecular formula is C12H24O6. The number of hydrogen-bond acceptors (Lipinski definition) is 6.